The van der Waals surface area contributed by atoms with Gasteiger partial charge < -0.3 is 20.7 Å². The highest BCUT2D eigenvalue weighted by Gasteiger charge is 2.18. The van der Waals surface area contributed by atoms with Gasteiger partial charge in [0.15, 0.2) is 5.13 Å². The fourth-order valence-electron chi connectivity index (χ4n) is 1.54. The van der Waals surface area contributed by atoms with Crippen LogP contribution in [0.25, 0.3) is 0 Å². The molecule has 0 saturated carbocycles. The molecule has 0 radical (unpaired) electrons. The Bertz CT molecular complexity index is 626. The minimum atomic E-state index is -0.298. The lowest BCUT2D eigenvalue weighted by atomic mass is 10.4. The normalized spacial score (nSPS) is 10.2. The first-order chi connectivity index (χ1) is 10.0. The Morgan fingerprint density at radius 1 is 1.52 bits per heavy atom. The van der Waals surface area contributed by atoms with Gasteiger partial charge in [0, 0.05) is 19.7 Å². The molecular weight excluding hydrogens is 290 g/mol. The molecule has 0 saturated heterocycles. The zero-order valence-corrected chi connectivity index (χ0v) is 12.9. The van der Waals surface area contributed by atoms with Gasteiger partial charge in [-0.05, 0) is 13.0 Å². The molecule has 0 aliphatic carbocycles. The largest absolute Gasteiger partial charge is 0.481 e. The molecule has 2 aromatic rings. The van der Waals surface area contributed by atoms with Crippen LogP contribution in [0.2, 0.25) is 0 Å². The summed E-state index contributed by atoms with van der Waals surface area (Å²) in [6.45, 7) is 2.79. The molecule has 0 aromatic carbocycles. The van der Waals surface area contributed by atoms with E-state index in [1.165, 1.54) is 24.6 Å². The minimum absolute atomic E-state index is 0.231. The Kier molecular flexibility index (Phi) is 4.59. The third kappa shape index (κ3) is 3.40. The number of nitrogens with one attached hydrogen (secondary N) is 1. The van der Waals surface area contributed by atoms with Crippen LogP contribution in [0.15, 0.2) is 18.3 Å². The van der Waals surface area contributed by atoms with Crippen molar-refractivity contribution < 1.29 is 9.53 Å². The first kappa shape index (κ1) is 15.0. The highest BCUT2D eigenvalue weighted by Crippen LogP contribution is 2.28. The summed E-state index contributed by atoms with van der Waals surface area (Å²) in [7, 11) is 3.43. The van der Waals surface area contributed by atoms with Crippen LogP contribution in [-0.4, -0.2) is 36.6 Å². The predicted molar refractivity (Wildman–Crippen MR) is 84.2 cm³/mol. The van der Waals surface area contributed by atoms with Gasteiger partial charge in [0.1, 0.15) is 10.7 Å². The van der Waals surface area contributed by atoms with Crippen LogP contribution in [0.5, 0.6) is 5.88 Å². The number of nitrogen functional groups attached to an aromatic ring is 1. The molecule has 0 atom stereocenters. The summed E-state index contributed by atoms with van der Waals surface area (Å²) in [5.41, 5.74) is 6.38. The molecule has 7 nitrogen and oxygen atoms in total. The number of carbonyl (C=O) groups is 1. The van der Waals surface area contributed by atoms with Crippen molar-refractivity contribution in [3.05, 3.63) is 23.2 Å². The van der Waals surface area contributed by atoms with E-state index >= 15 is 0 Å². The van der Waals surface area contributed by atoms with Crippen LogP contribution < -0.4 is 20.7 Å². The summed E-state index contributed by atoms with van der Waals surface area (Å²) in [6.07, 6.45) is 1.52. The Morgan fingerprint density at radius 2 is 2.29 bits per heavy atom. The van der Waals surface area contributed by atoms with Crippen LogP contribution >= 0.6 is 11.3 Å². The maximum Gasteiger partial charge on any atom is 0.269 e. The standard InChI is InChI=1S/C13H17N5O2S/c1-4-18(2)13-17-11(14)10(21-13)12(19)16-8-5-6-9(20-3)15-7-8/h5-7H,4,14H2,1-3H3,(H,16,19). The zero-order valence-electron chi connectivity index (χ0n) is 12.1. The number of aromatic nitrogens is 2. The first-order valence-corrected chi connectivity index (χ1v) is 7.15. The van der Waals surface area contributed by atoms with Crippen molar-refractivity contribution in [1.29, 1.82) is 0 Å². The number of nitrogens with zero attached hydrogens (tertiary/aromatic N) is 3. The molecule has 0 spiro atoms. The summed E-state index contributed by atoms with van der Waals surface area (Å²) in [5, 5.41) is 3.45. The SMILES string of the molecule is CCN(C)c1nc(N)c(C(=O)Nc2ccc(OC)nc2)s1. The molecule has 3 N–H and O–H groups in total. The summed E-state index contributed by atoms with van der Waals surface area (Å²) in [4.78, 5) is 22.8. The Morgan fingerprint density at radius 3 is 2.86 bits per heavy atom. The van der Waals surface area contributed by atoms with Crippen LogP contribution in [-0.2, 0) is 0 Å². The monoisotopic (exact) mass is 307 g/mol. The summed E-state index contributed by atoms with van der Waals surface area (Å²) in [6, 6.07) is 3.38. The van der Waals surface area contributed by atoms with Crippen molar-refractivity contribution in [1.82, 2.24) is 9.97 Å². The Balaban J connectivity index is 2.14. The molecule has 2 rings (SSSR count). The quantitative estimate of drug-likeness (QED) is 0.875. The number of nitrogens with two attached hydrogens (primary N) is 1. The number of hydrogen-bond donors (Lipinski definition) is 2. The summed E-state index contributed by atoms with van der Waals surface area (Å²) in [5.74, 6) is 0.416. The Hall–Kier alpha value is -2.35. The number of hydrogen-bond acceptors (Lipinski definition) is 7. The lowest BCUT2D eigenvalue weighted by Gasteiger charge is -2.10. The van der Waals surface area contributed by atoms with Gasteiger partial charge in [-0.15, -0.1) is 0 Å². The van der Waals surface area contributed by atoms with Crippen LogP contribution in [0.3, 0.4) is 0 Å². The first-order valence-electron chi connectivity index (χ1n) is 6.34. The van der Waals surface area contributed by atoms with Crippen LogP contribution in [0, 0.1) is 0 Å². The number of methoxy groups -OCH3 is 1. The van der Waals surface area contributed by atoms with E-state index in [9.17, 15) is 4.79 Å². The second-order valence-electron chi connectivity index (χ2n) is 4.27. The molecule has 0 unspecified atom stereocenters. The number of rotatable bonds is 5. The van der Waals surface area contributed by atoms with Crippen molar-refractivity contribution in [3.8, 4) is 5.88 Å². The highest BCUT2D eigenvalue weighted by atomic mass is 32.1. The summed E-state index contributed by atoms with van der Waals surface area (Å²) < 4.78 is 4.96. The smallest absolute Gasteiger partial charge is 0.269 e. The topological polar surface area (TPSA) is 93.4 Å². The van der Waals surface area contributed by atoms with E-state index in [1.807, 2.05) is 18.9 Å². The molecule has 21 heavy (non-hydrogen) atoms. The van der Waals surface area contributed by atoms with Gasteiger partial charge in [0.25, 0.3) is 5.91 Å². The van der Waals surface area contributed by atoms with Gasteiger partial charge in [0.05, 0.1) is 19.0 Å². The van der Waals surface area contributed by atoms with Gasteiger partial charge in [-0.3, -0.25) is 4.79 Å². The molecule has 2 aromatic heterocycles. The number of thiazole rings is 1. The number of ether oxygens (including phenoxy) is 1. The van der Waals surface area contributed by atoms with Gasteiger partial charge in [-0.1, -0.05) is 11.3 Å². The second-order valence-corrected chi connectivity index (χ2v) is 5.25. The molecular formula is C13H17N5O2S. The number of pyridine rings is 1. The zero-order chi connectivity index (χ0) is 15.4. The highest BCUT2D eigenvalue weighted by molar-refractivity contribution is 7.18. The molecule has 0 aliphatic rings. The molecule has 1 amide bonds. The van der Waals surface area contributed by atoms with Gasteiger partial charge in [0.2, 0.25) is 5.88 Å². The van der Waals surface area contributed by atoms with E-state index in [2.05, 4.69) is 15.3 Å². The van der Waals surface area contributed by atoms with Crippen molar-refractivity contribution in [2.75, 3.05) is 36.7 Å². The van der Waals surface area contributed by atoms with Gasteiger partial charge in [-0.25, -0.2) is 9.97 Å². The maximum absolute atomic E-state index is 12.2. The van der Waals surface area contributed by atoms with E-state index in [1.54, 1.807) is 12.1 Å². The third-order valence-electron chi connectivity index (χ3n) is 2.85. The van der Waals surface area contributed by atoms with Crippen molar-refractivity contribution >= 4 is 33.9 Å². The fourth-order valence-corrected chi connectivity index (χ4v) is 2.45. The molecule has 112 valence electrons. The lowest BCUT2D eigenvalue weighted by molar-refractivity contribution is 0.103. The molecule has 8 heteroatoms. The van der Waals surface area contributed by atoms with Gasteiger partial charge in [-0.2, -0.15) is 0 Å². The molecule has 0 bridgehead atoms. The van der Waals surface area contributed by atoms with E-state index < -0.39 is 0 Å². The van der Waals surface area contributed by atoms with E-state index in [4.69, 9.17) is 10.5 Å². The minimum Gasteiger partial charge on any atom is -0.481 e. The van der Waals surface area contributed by atoms with Crippen molar-refractivity contribution in [3.63, 3.8) is 0 Å². The maximum atomic E-state index is 12.2. The average Bonchev–Trinajstić information content (AvgIpc) is 2.89. The third-order valence-corrected chi connectivity index (χ3v) is 4.04. The predicted octanol–water partition coefficient (Wildman–Crippen LogP) is 1.84. The molecule has 0 fully saturated rings. The number of anilines is 3. The molecule has 2 heterocycles. The van der Waals surface area contributed by atoms with E-state index in [-0.39, 0.29) is 11.7 Å². The van der Waals surface area contributed by atoms with E-state index in [0.717, 1.165) is 6.54 Å². The second kappa shape index (κ2) is 6.40. The fraction of sp³-hybridized carbons (Fsp3) is 0.308. The lowest BCUT2D eigenvalue weighted by Crippen LogP contribution is -2.15. The van der Waals surface area contributed by atoms with Gasteiger partial charge >= 0.3 is 0 Å². The Labute approximate surface area is 126 Å². The molecule has 0 aliphatic heterocycles. The summed E-state index contributed by atoms with van der Waals surface area (Å²) >= 11 is 1.26. The number of amides is 1. The number of carbonyl (C=O) groups excluding carboxylic acids is 1. The van der Waals surface area contributed by atoms with Crippen molar-refractivity contribution in [2.45, 2.75) is 6.92 Å². The van der Waals surface area contributed by atoms with E-state index in [0.29, 0.717) is 21.6 Å². The van der Waals surface area contributed by atoms with Crippen molar-refractivity contribution in [2.24, 2.45) is 0 Å². The van der Waals surface area contributed by atoms with Crippen LogP contribution in [0.1, 0.15) is 16.6 Å². The average molecular weight is 307 g/mol. The van der Waals surface area contributed by atoms with Crippen LogP contribution in [0.4, 0.5) is 16.6 Å².